The minimum atomic E-state index is 0.236. The van der Waals surface area contributed by atoms with Crippen LogP contribution < -0.4 is 5.32 Å². The van der Waals surface area contributed by atoms with Crippen molar-refractivity contribution in [3.8, 4) is 0 Å². The average Bonchev–Trinajstić information content (AvgIpc) is 2.68. The highest BCUT2D eigenvalue weighted by Crippen LogP contribution is 2.41. The van der Waals surface area contributed by atoms with E-state index in [0.29, 0.717) is 24.2 Å². The first kappa shape index (κ1) is 21.0. The third kappa shape index (κ3) is 4.83. The van der Waals surface area contributed by atoms with Crippen LogP contribution in [0.15, 0.2) is 74.9 Å². The highest BCUT2D eigenvalue weighted by molar-refractivity contribution is 14.1. The van der Waals surface area contributed by atoms with E-state index in [1.54, 1.807) is 0 Å². The van der Waals surface area contributed by atoms with E-state index in [-0.39, 0.29) is 12.0 Å². The van der Waals surface area contributed by atoms with Crippen LogP contribution >= 0.6 is 22.6 Å². The number of aliphatic hydroxyl groups is 1. The molecule has 28 heavy (non-hydrogen) atoms. The molecule has 1 aliphatic heterocycles. The molecule has 0 bridgehead atoms. The van der Waals surface area contributed by atoms with E-state index < -0.39 is 0 Å². The lowest BCUT2D eigenvalue weighted by molar-refractivity contribution is 0.202. The van der Waals surface area contributed by atoms with Crippen LogP contribution in [0.3, 0.4) is 0 Å². The fourth-order valence-corrected chi connectivity index (χ4v) is 4.65. The highest BCUT2D eigenvalue weighted by atomic mass is 127. The van der Waals surface area contributed by atoms with Crippen LogP contribution in [0.25, 0.3) is 0 Å². The topological polar surface area (TPSA) is 41.5 Å². The van der Waals surface area contributed by atoms with Gasteiger partial charge in [0.25, 0.3) is 0 Å². The van der Waals surface area contributed by atoms with Gasteiger partial charge in [-0.1, -0.05) is 62.8 Å². The maximum absolute atomic E-state index is 10.1. The standard InChI is InChI=1S/C24H30INO2/c1-15(2)24-21(27)11-10-19(26-24)13-20-16(3)12-22(23(25)17(20)4)28-14-18-8-6-5-7-9-18/h5-12,15,17,19-20,26-27H,13-14H2,1-4H3. The fourth-order valence-electron chi connectivity index (χ4n) is 3.91. The molecule has 1 aromatic rings. The van der Waals surface area contributed by atoms with Crippen molar-refractivity contribution < 1.29 is 9.84 Å². The van der Waals surface area contributed by atoms with Gasteiger partial charge in [0.2, 0.25) is 0 Å². The monoisotopic (exact) mass is 491 g/mol. The Morgan fingerprint density at radius 3 is 2.61 bits per heavy atom. The Balaban J connectivity index is 1.67. The van der Waals surface area contributed by atoms with Crippen LogP contribution in [-0.2, 0) is 11.3 Å². The van der Waals surface area contributed by atoms with Crippen molar-refractivity contribution in [2.45, 2.75) is 46.8 Å². The van der Waals surface area contributed by atoms with Crippen molar-refractivity contribution in [1.82, 2.24) is 5.32 Å². The zero-order valence-corrected chi connectivity index (χ0v) is 19.2. The third-order valence-corrected chi connectivity index (χ3v) is 7.12. The summed E-state index contributed by atoms with van der Waals surface area (Å²) in [6.07, 6.45) is 7.14. The minimum absolute atomic E-state index is 0.236. The van der Waals surface area contributed by atoms with Crippen molar-refractivity contribution >= 4 is 22.6 Å². The van der Waals surface area contributed by atoms with Gasteiger partial charge < -0.3 is 15.2 Å². The molecule has 1 aliphatic carbocycles. The van der Waals surface area contributed by atoms with Gasteiger partial charge in [-0.15, -0.1) is 0 Å². The molecule has 2 N–H and O–H groups in total. The van der Waals surface area contributed by atoms with Crippen LogP contribution in [0.1, 0.15) is 39.7 Å². The molecular formula is C24H30INO2. The van der Waals surface area contributed by atoms with E-state index in [2.05, 4.69) is 79.9 Å². The van der Waals surface area contributed by atoms with Crippen LogP contribution in [0, 0.1) is 17.8 Å². The quantitative estimate of drug-likeness (QED) is 0.452. The van der Waals surface area contributed by atoms with Gasteiger partial charge in [0.1, 0.15) is 18.1 Å². The number of dihydropyridines is 1. The summed E-state index contributed by atoms with van der Waals surface area (Å²) in [6, 6.07) is 10.5. The van der Waals surface area contributed by atoms with Gasteiger partial charge in [0, 0.05) is 9.62 Å². The molecule has 3 rings (SSSR count). The molecule has 1 aromatic carbocycles. The van der Waals surface area contributed by atoms with Crippen molar-refractivity contribution in [3.05, 3.63) is 80.5 Å². The van der Waals surface area contributed by atoms with Gasteiger partial charge in [-0.3, -0.25) is 0 Å². The average molecular weight is 491 g/mol. The molecule has 1 heterocycles. The molecule has 0 radical (unpaired) electrons. The molecule has 3 atom stereocenters. The summed E-state index contributed by atoms with van der Waals surface area (Å²) in [5.41, 5.74) is 3.48. The largest absolute Gasteiger partial charge is 0.506 e. The van der Waals surface area contributed by atoms with E-state index >= 15 is 0 Å². The molecule has 0 fully saturated rings. The summed E-state index contributed by atoms with van der Waals surface area (Å²) < 4.78 is 7.43. The Kier molecular flexibility index (Phi) is 6.91. The molecule has 0 saturated carbocycles. The molecule has 0 saturated heterocycles. The SMILES string of the molecule is CC1=CC(OCc2ccccc2)=C(I)C(C)C1CC1C=CC(O)=C(C(C)C)N1. The summed E-state index contributed by atoms with van der Waals surface area (Å²) in [4.78, 5) is 0. The normalized spacial score (nSPS) is 25.1. The number of rotatable bonds is 6. The second-order valence-electron chi connectivity index (χ2n) is 8.07. The molecule has 3 nitrogen and oxygen atoms in total. The van der Waals surface area contributed by atoms with Crippen LogP contribution in [-0.4, -0.2) is 11.1 Å². The van der Waals surface area contributed by atoms with Gasteiger partial charge in [0.05, 0.1) is 5.70 Å². The zero-order valence-electron chi connectivity index (χ0n) is 17.1. The zero-order chi connectivity index (χ0) is 20.3. The summed E-state index contributed by atoms with van der Waals surface area (Å²) in [5.74, 6) is 2.51. The van der Waals surface area contributed by atoms with Crippen LogP contribution in [0.2, 0.25) is 0 Å². The molecule has 4 heteroatoms. The molecule has 3 unspecified atom stereocenters. The van der Waals surface area contributed by atoms with Gasteiger partial charge in [-0.25, -0.2) is 0 Å². The van der Waals surface area contributed by atoms with Crippen LogP contribution in [0.4, 0.5) is 0 Å². The summed E-state index contributed by atoms with van der Waals surface area (Å²) >= 11 is 2.45. The van der Waals surface area contributed by atoms with Crippen LogP contribution in [0.5, 0.6) is 0 Å². The second-order valence-corrected chi connectivity index (χ2v) is 9.23. The lowest BCUT2D eigenvalue weighted by atomic mass is 9.79. The number of hydrogen-bond acceptors (Lipinski definition) is 3. The van der Waals surface area contributed by atoms with E-state index in [0.717, 1.165) is 17.9 Å². The number of allylic oxidation sites excluding steroid dienone is 5. The van der Waals surface area contributed by atoms with Crippen molar-refractivity contribution in [2.24, 2.45) is 17.8 Å². The van der Waals surface area contributed by atoms with E-state index in [1.165, 1.54) is 14.7 Å². The first-order valence-corrected chi connectivity index (χ1v) is 11.1. The smallest absolute Gasteiger partial charge is 0.134 e. The maximum atomic E-state index is 10.1. The van der Waals surface area contributed by atoms with E-state index in [1.807, 2.05) is 24.3 Å². The Bertz CT molecular complexity index is 820. The van der Waals surface area contributed by atoms with E-state index in [9.17, 15) is 5.11 Å². The number of benzene rings is 1. The molecule has 2 aliphatic rings. The summed E-state index contributed by atoms with van der Waals surface area (Å²) in [5, 5.41) is 13.6. The fraction of sp³-hybridized carbons (Fsp3) is 0.417. The Morgan fingerprint density at radius 1 is 1.21 bits per heavy atom. The van der Waals surface area contributed by atoms with E-state index in [4.69, 9.17) is 4.74 Å². The third-order valence-electron chi connectivity index (χ3n) is 5.61. The first-order valence-electron chi connectivity index (χ1n) is 9.99. The van der Waals surface area contributed by atoms with Gasteiger partial charge >= 0.3 is 0 Å². The van der Waals surface area contributed by atoms with Gasteiger partial charge in [0.15, 0.2) is 0 Å². The second kappa shape index (κ2) is 9.21. The lowest BCUT2D eigenvalue weighted by Gasteiger charge is -2.34. The number of hydrogen-bond donors (Lipinski definition) is 2. The van der Waals surface area contributed by atoms with Crippen molar-refractivity contribution in [2.75, 3.05) is 0 Å². The number of ether oxygens (including phenoxy) is 1. The van der Waals surface area contributed by atoms with Gasteiger partial charge in [-0.05, 0) is 71.4 Å². The Labute approximate surface area is 182 Å². The summed E-state index contributed by atoms with van der Waals surface area (Å²) in [7, 11) is 0. The Morgan fingerprint density at radius 2 is 1.93 bits per heavy atom. The maximum Gasteiger partial charge on any atom is 0.134 e. The number of nitrogens with one attached hydrogen (secondary N) is 1. The number of halogens is 1. The minimum Gasteiger partial charge on any atom is -0.506 e. The lowest BCUT2D eigenvalue weighted by Crippen LogP contribution is -2.36. The molecule has 0 amide bonds. The number of aliphatic hydroxyl groups excluding tert-OH is 1. The predicted molar refractivity (Wildman–Crippen MR) is 124 cm³/mol. The Hall–Kier alpha value is -1.69. The molecule has 150 valence electrons. The first-order chi connectivity index (χ1) is 13.4. The summed E-state index contributed by atoms with van der Waals surface area (Å²) in [6.45, 7) is 9.30. The molecule has 0 spiro atoms. The highest BCUT2D eigenvalue weighted by Gasteiger charge is 2.31. The predicted octanol–water partition coefficient (Wildman–Crippen LogP) is 6.41. The molecule has 0 aromatic heterocycles. The van der Waals surface area contributed by atoms with Crippen molar-refractivity contribution in [3.63, 3.8) is 0 Å². The van der Waals surface area contributed by atoms with Gasteiger partial charge in [-0.2, -0.15) is 0 Å². The molecular weight excluding hydrogens is 461 g/mol. The van der Waals surface area contributed by atoms with Crippen molar-refractivity contribution in [1.29, 1.82) is 0 Å².